The highest BCUT2D eigenvalue weighted by molar-refractivity contribution is 5.84. The molecule has 1 aromatic rings. The molecule has 0 radical (unpaired) electrons. The Morgan fingerprint density at radius 3 is 2.83 bits per heavy atom. The summed E-state index contributed by atoms with van der Waals surface area (Å²) >= 11 is 0. The summed E-state index contributed by atoms with van der Waals surface area (Å²) in [5.74, 6) is 0. The van der Waals surface area contributed by atoms with E-state index in [4.69, 9.17) is 10.5 Å². The topological polar surface area (TPSA) is 64.3 Å². The van der Waals surface area contributed by atoms with Crippen molar-refractivity contribution in [2.24, 2.45) is 5.73 Å². The number of nitrogens with two attached hydrogens (primary N) is 1. The first kappa shape index (κ1) is 12.9. The molecular formula is C14H20N2O2. The Balaban J connectivity index is 1.85. The smallest absolute Gasteiger partial charge is 0.411 e. The van der Waals surface area contributed by atoms with E-state index in [1.807, 2.05) is 24.3 Å². The van der Waals surface area contributed by atoms with Crippen molar-refractivity contribution in [3.63, 3.8) is 0 Å². The zero-order valence-corrected chi connectivity index (χ0v) is 10.5. The molecule has 0 aromatic heterocycles. The molecule has 0 unspecified atom stereocenters. The van der Waals surface area contributed by atoms with Crippen molar-refractivity contribution in [2.75, 3.05) is 5.32 Å². The van der Waals surface area contributed by atoms with E-state index in [0.717, 1.165) is 36.9 Å². The second-order valence-electron chi connectivity index (χ2n) is 4.69. The summed E-state index contributed by atoms with van der Waals surface area (Å²) < 4.78 is 5.39. The number of amides is 1. The maximum atomic E-state index is 11.7. The van der Waals surface area contributed by atoms with Crippen LogP contribution in [0.5, 0.6) is 0 Å². The number of rotatable bonds is 3. The highest BCUT2D eigenvalue weighted by Gasteiger charge is 2.17. The minimum Gasteiger partial charge on any atom is -0.446 e. The van der Waals surface area contributed by atoms with Crippen molar-refractivity contribution in [1.82, 2.24) is 0 Å². The molecule has 1 amide bonds. The second-order valence-corrected chi connectivity index (χ2v) is 4.69. The standard InChI is InChI=1S/C14H20N2O2/c15-10-11-5-4-6-12(9-11)16-14(17)18-13-7-2-1-3-8-13/h4-6,9,13H,1-3,7-8,10,15H2,(H,16,17). The van der Waals surface area contributed by atoms with Crippen LogP contribution in [0.1, 0.15) is 37.7 Å². The van der Waals surface area contributed by atoms with Gasteiger partial charge in [-0.15, -0.1) is 0 Å². The molecule has 0 atom stereocenters. The third-order valence-corrected chi connectivity index (χ3v) is 3.23. The highest BCUT2D eigenvalue weighted by atomic mass is 16.6. The molecule has 2 rings (SSSR count). The number of carbonyl (C=O) groups is 1. The van der Waals surface area contributed by atoms with Gasteiger partial charge in [0.1, 0.15) is 6.10 Å². The quantitative estimate of drug-likeness (QED) is 0.864. The summed E-state index contributed by atoms with van der Waals surface area (Å²) in [5, 5.41) is 2.75. The van der Waals surface area contributed by atoms with Crippen molar-refractivity contribution >= 4 is 11.8 Å². The maximum absolute atomic E-state index is 11.7. The van der Waals surface area contributed by atoms with Crippen LogP contribution >= 0.6 is 0 Å². The lowest BCUT2D eigenvalue weighted by Gasteiger charge is -2.21. The van der Waals surface area contributed by atoms with Crippen LogP contribution in [0.4, 0.5) is 10.5 Å². The van der Waals surface area contributed by atoms with Crippen molar-refractivity contribution in [3.05, 3.63) is 29.8 Å². The minimum absolute atomic E-state index is 0.0800. The van der Waals surface area contributed by atoms with Gasteiger partial charge in [-0.25, -0.2) is 4.79 Å². The number of hydrogen-bond donors (Lipinski definition) is 2. The molecule has 1 aromatic carbocycles. The Labute approximate surface area is 108 Å². The van der Waals surface area contributed by atoms with Crippen LogP contribution in [0, 0.1) is 0 Å². The maximum Gasteiger partial charge on any atom is 0.411 e. The van der Waals surface area contributed by atoms with E-state index in [0.29, 0.717) is 6.54 Å². The summed E-state index contributed by atoms with van der Waals surface area (Å²) in [4.78, 5) is 11.7. The Kier molecular flexibility index (Phi) is 4.59. The first-order chi connectivity index (χ1) is 8.78. The Morgan fingerprint density at radius 1 is 1.33 bits per heavy atom. The fourth-order valence-electron chi connectivity index (χ4n) is 2.26. The Morgan fingerprint density at radius 2 is 2.11 bits per heavy atom. The van der Waals surface area contributed by atoms with Gasteiger partial charge in [0.2, 0.25) is 0 Å². The number of nitrogens with one attached hydrogen (secondary N) is 1. The van der Waals surface area contributed by atoms with Gasteiger partial charge in [-0.2, -0.15) is 0 Å². The summed E-state index contributed by atoms with van der Waals surface area (Å²) in [7, 11) is 0. The highest BCUT2D eigenvalue weighted by Crippen LogP contribution is 2.21. The largest absolute Gasteiger partial charge is 0.446 e. The van der Waals surface area contributed by atoms with Crippen molar-refractivity contribution in [2.45, 2.75) is 44.8 Å². The first-order valence-corrected chi connectivity index (χ1v) is 6.54. The van der Waals surface area contributed by atoms with Crippen LogP contribution in [0.2, 0.25) is 0 Å². The zero-order valence-electron chi connectivity index (χ0n) is 10.5. The van der Waals surface area contributed by atoms with Crippen LogP contribution in [-0.4, -0.2) is 12.2 Å². The van der Waals surface area contributed by atoms with E-state index in [1.165, 1.54) is 6.42 Å². The molecule has 18 heavy (non-hydrogen) atoms. The van der Waals surface area contributed by atoms with Gasteiger partial charge in [0.05, 0.1) is 0 Å². The average Bonchev–Trinajstić information content (AvgIpc) is 2.40. The van der Waals surface area contributed by atoms with Gasteiger partial charge in [0, 0.05) is 12.2 Å². The van der Waals surface area contributed by atoms with E-state index in [2.05, 4.69) is 5.32 Å². The lowest BCUT2D eigenvalue weighted by molar-refractivity contribution is 0.0865. The monoisotopic (exact) mass is 248 g/mol. The molecule has 4 heteroatoms. The third-order valence-electron chi connectivity index (χ3n) is 3.23. The van der Waals surface area contributed by atoms with Gasteiger partial charge in [-0.1, -0.05) is 18.6 Å². The van der Waals surface area contributed by atoms with Crippen molar-refractivity contribution < 1.29 is 9.53 Å². The van der Waals surface area contributed by atoms with Gasteiger partial charge in [-0.05, 0) is 43.4 Å². The van der Waals surface area contributed by atoms with E-state index in [9.17, 15) is 4.79 Å². The molecule has 4 nitrogen and oxygen atoms in total. The van der Waals surface area contributed by atoms with Crippen LogP contribution in [0.15, 0.2) is 24.3 Å². The predicted molar refractivity (Wildman–Crippen MR) is 71.3 cm³/mol. The van der Waals surface area contributed by atoms with Crippen LogP contribution in [0.3, 0.4) is 0 Å². The number of anilines is 1. The Bertz CT molecular complexity index is 401. The minimum atomic E-state index is -0.365. The van der Waals surface area contributed by atoms with E-state index >= 15 is 0 Å². The van der Waals surface area contributed by atoms with Crippen molar-refractivity contribution in [3.8, 4) is 0 Å². The number of hydrogen-bond acceptors (Lipinski definition) is 3. The molecule has 0 heterocycles. The van der Waals surface area contributed by atoms with Crippen LogP contribution in [-0.2, 0) is 11.3 Å². The summed E-state index contributed by atoms with van der Waals surface area (Å²) in [5.41, 5.74) is 7.28. The third kappa shape index (κ3) is 3.74. The fraction of sp³-hybridized carbons (Fsp3) is 0.500. The van der Waals surface area contributed by atoms with Gasteiger partial charge in [0.15, 0.2) is 0 Å². The molecular weight excluding hydrogens is 228 g/mol. The normalized spacial score (nSPS) is 16.3. The summed E-state index contributed by atoms with van der Waals surface area (Å²) in [6.45, 7) is 0.465. The number of ether oxygens (including phenoxy) is 1. The molecule has 0 bridgehead atoms. The molecule has 0 spiro atoms. The number of carbonyl (C=O) groups excluding carboxylic acids is 1. The molecule has 0 aliphatic heterocycles. The summed E-state index contributed by atoms with van der Waals surface area (Å²) in [6, 6.07) is 7.50. The SMILES string of the molecule is NCc1cccc(NC(=O)OC2CCCCC2)c1. The lowest BCUT2D eigenvalue weighted by Crippen LogP contribution is -2.24. The molecule has 98 valence electrons. The molecule has 3 N–H and O–H groups in total. The fourth-order valence-corrected chi connectivity index (χ4v) is 2.26. The predicted octanol–water partition coefficient (Wildman–Crippen LogP) is 3.03. The Hall–Kier alpha value is -1.55. The van der Waals surface area contributed by atoms with Gasteiger partial charge < -0.3 is 10.5 Å². The van der Waals surface area contributed by atoms with Gasteiger partial charge in [-0.3, -0.25) is 5.32 Å². The summed E-state index contributed by atoms with van der Waals surface area (Å²) in [6.07, 6.45) is 5.24. The number of benzene rings is 1. The second kappa shape index (κ2) is 6.40. The molecule has 1 aliphatic rings. The van der Waals surface area contributed by atoms with E-state index in [-0.39, 0.29) is 12.2 Å². The van der Waals surface area contributed by atoms with Crippen LogP contribution in [0.25, 0.3) is 0 Å². The first-order valence-electron chi connectivity index (χ1n) is 6.54. The van der Waals surface area contributed by atoms with Crippen LogP contribution < -0.4 is 11.1 Å². The zero-order chi connectivity index (χ0) is 12.8. The molecule has 1 fully saturated rings. The lowest BCUT2D eigenvalue weighted by atomic mass is 9.98. The van der Waals surface area contributed by atoms with E-state index in [1.54, 1.807) is 0 Å². The molecule has 1 aliphatic carbocycles. The molecule has 1 saturated carbocycles. The average molecular weight is 248 g/mol. The van der Waals surface area contributed by atoms with E-state index < -0.39 is 0 Å². The van der Waals surface area contributed by atoms with Crippen molar-refractivity contribution in [1.29, 1.82) is 0 Å². The molecule has 0 saturated heterocycles. The van der Waals surface area contributed by atoms with Gasteiger partial charge >= 0.3 is 6.09 Å². The van der Waals surface area contributed by atoms with Gasteiger partial charge in [0.25, 0.3) is 0 Å².